The largest absolute Gasteiger partial charge is 0.454 e. The third-order valence-electron chi connectivity index (χ3n) is 19.6. The van der Waals surface area contributed by atoms with Gasteiger partial charge >= 0.3 is 0 Å². The molecular formula is C84H75NO. The highest BCUT2D eigenvalue weighted by Gasteiger charge is 2.55. The molecule has 0 unspecified atom stereocenters. The number of anilines is 3. The predicted molar refractivity (Wildman–Crippen MR) is 360 cm³/mol. The Bertz CT molecular complexity index is 4460. The third-order valence-corrected chi connectivity index (χ3v) is 19.6. The lowest BCUT2D eigenvalue weighted by Crippen LogP contribution is -2.33. The van der Waals surface area contributed by atoms with Crippen molar-refractivity contribution in [2.75, 3.05) is 4.90 Å². The first-order chi connectivity index (χ1) is 41.2. The molecule has 0 saturated heterocycles. The zero-order chi connectivity index (χ0) is 59.5. The summed E-state index contributed by atoms with van der Waals surface area (Å²) in [5, 5.41) is 0. The molecule has 0 N–H and O–H groups in total. The van der Waals surface area contributed by atoms with E-state index in [2.05, 4.69) is 325 Å². The van der Waals surface area contributed by atoms with Crippen molar-refractivity contribution >= 4 is 17.1 Å². The van der Waals surface area contributed by atoms with Crippen LogP contribution in [0.3, 0.4) is 0 Å². The molecule has 11 aromatic carbocycles. The SMILES string of the molecule is CC(C)(C)c1ccc2c(c1)C1(c3ccccc3-c3ccc(N(c4ccccc4-c4ccc(-c5ccccc5)cc4)c4cccc5c4Oc4ccccc4C54c5cc(C(C)(C)C)ccc5-c5ccc(C(C)(C)C)cc54)cc31)c1cc(C(C)(C)C)ccc1-2. The third kappa shape index (κ3) is 7.84. The predicted octanol–water partition coefficient (Wildman–Crippen LogP) is 22.5. The van der Waals surface area contributed by atoms with Gasteiger partial charge in [0.15, 0.2) is 5.75 Å². The lowest BCUT2D eigenvalue weighted by atomic mass is 9.64. The molecule has 11 aromatic rings. The lowest BCUT2D eigenvalue weighted by Gasteiger charge is -2.42. The molecule has 3 aliphatic carbocycles. The molecule has 0 aromatic heterocycles. The summed E-state index contributed by atoms with van der Waals surface area (Å²) >= 11 is 0. The van der Waals surface area contributed by atoms with Crippen molar-refractivity contribution in [3.05, 3.63) is 303 Å². The van der Waals surface area contributed by atoms with Crippen LogP contribution in [0.15, 0.2) is 237 Å². The Morgan fingerprint density at radius 1 is 0.267 bits per heavy atom. The zero-order valence-corrected chi connectivity index (χ0v) is 51.9. The first-order valence-electron chi connectivity index (χ1n) is 31.0. The summed E-state index contributed by atoms with van der Waals surface area (Å²) < 4.78 is 7.73. The molecule has 2 heteroatoms. The maximum absolute atomic E-state index is 7.73. The molecule has 1 heterocycles. The van der Waals surface area contributed by atoms with E-state index in [-0.39, 0.29) is 21.7 Å². The topological polar surface area (TPSA) is 12.5 Å². The van der Waals surface area contributed by atoms with Crippen LogP contribution in [0.2, 0.25) is 0 Å². The lowest BCUT2D eigenvalue weighted by molar-refractivity contribution is 0.437. The molecule has 0 amide bonds. The van der Waals surface area contributed by atoms with Gasteiger partial charge < -0.3 is 9.64 Å². The molecule has 0 fully saturated rings. The Morgan fingerprint density at radius 2 is 0.640 bits per heavy atom. The van der Waals surface area contributed by atoms with Gasteiger partial charge in [0.25, 0.3) is 0 Å². The van der Waals surface area contributed by atoms with Crippen molar-refractivity contribution in [3.8, 4) is 67.1 Å². The molecule has 4 aliphatic rings. The fourth-order valence-electron chi connectivity index (χ4n) is 15.1. The van der Waals surface area contributed by atoms with Gasteiger partial charge in [-0.15, -0.1) is 0 Å². The molecule has 0 saturated carbocycles. The first kappa shape index (κ1) is 53.7. The number of ether oxygens (including phenoxy) is 1. The van der Waals surface area contributed by atoms with E-state index >= 15 is 0 Å². The Labute approximate surface area is 509 Å². The molecule has 422 valence electrons. The number of benzene rings is 11. The molecule has 2 nitrogen and oxygen atoms in total. The molecule has 86 heavy (non-hydrogen) atoms. The Morgan fingerprint density at radius 3 is 1.16 bits per heavy atom. The highest BCUT2D eigenvalue weighted by Crippen LogP contribution is 2.67. The van der Waals surface area contributed by atoms with Crippen molar-refractivity contribution in [1.82, 2.24) is 0 Å². The van der Waals surface area contributed by atoms with Crippen LogP contribution in [0.4, 0.5) is 17.1 Å². The number of para-hydroxylation sites is 3. The van der Waals surface area contributed by atoms with Crippen molar-refractivity contribution in [2.45, 2.75) is 116 Å². The number of hydrogen-bond donors (Lipinski definition) is 0. The fraction of sp³-hybridized carbons (Fsp3) is 0.214. The number of hydrogen-bond acceptors (Lipinski definition) is 2. The van der Waals surface area contributed by atoms with Crippen molar-refractivity contribution in [1.29, 1.82) is 0 Å². The van der Waals surface area contributed by atoms with Gasteiger partial charge in [0.2, 0.25) is 0 Å². The van der Waals surface area contributed by atoms with Gasteiger partial charge in [-0.05, 0) is 158 Å². The normalized spacial score (nSPS) is 14.6. The summed E-state index contributed by atoms with van der Waals surface area (Å²) in [4.78, 5) is 2.54. The molecule has 2 spiro atoms. The fourth-order valence-corrected chi connectivity index (χ4v) is 15.1. The van der Waals surface area contributed by atoms with Crippen LogP contribution in [-0.4, -0.2) is 0 Å². The van der Waals surface area contributed by atoms with Gasteiger partial charge in [-0.25, -0.2) is 0 Å². The average molecular weight is 1110 g/mol. The molecule has 1 aliphatic heterocycles. The number of rotatable bonds is 5. The van der Waals surface area contributed by atoms with Gasteiger partial charge in [-0.2, -0.15) is 0 Å². The minimum absolute atomic E-state index is 0.0739. The summed E-state index contributed by atoms with van der Waals surface area (Å²) in [6.07, 6.45) is 0. The molecule has 0 bridgehead atoms. The molecular weight excluding hydrogens is 1040 g/mol. The second kappa shape index (κ2) is 18.8. The number of fused-ring (bicyclic) bond motifs is 19. The highest BCUT2D eigenvalue weighted by molar-refractivity contribution is 5.99. The standard InChI is InChI=1S/C84H75NO/c1-79(2,3)55-37-42-62-63-43-38-56(80(4,5)6)48-71(63)83(70(62)47-55)67-27-18-16-26-61(67)66-46-41-59(51-74(66)83)85(75-30-20-17-25-60(75)54-35-33-53(34-36-54)52-23-14-13-15-24-52)76-31-22-29-69-78(76)86-77-32-21-19-28-68(77)84(69)72-49-57(81(7,8)9)39-44-64(72)65-45-40-58(50-73(65)84)82(10,11)12/h13-51H,1-12H3. The van der Waals surface area contributed by atoms with Crippen LogP contribution < -0.4 is 9.64 Å². The monoisotopic (exact) mass is 1110 g/mol. The first-order valence-corrected chi connectivity index (χ1v) is 31.0. The smallest absolute Gasteiger partial charge is 0.156 e. The van der Waals surface area contributed by atoms with Crippen molar-refractivity contribution < 1.29 is 4.74 Å². The Kier molecular flexibility index (Phi) is 11.7. The van der Waals surface area contributed by atoms with Gasteiger partial charge in [-0.1, -0.05) is 289 Å². The zero-order valence-electron chi connectivity index (χ0n) is 51.9. The maximum atomic E-state index is 7.73. The van der Waals surface area contributed by atoms with Crippen LogP contribution in [0.1, 0.15) is 150 Å². The van der Waals surface area contributed by atoms with Crippen LogP contribution in [0.25, 0.3) is 55.6 Å². The van der Waals surface area contributed by atoms with E-state index in [1.165, 1.54) is 100 Å². The van der Waals surface area contributed by atoms with Crippen LogP contribution in [-0.2, 0) is 32.5 Å². The van der Waals surface area contributed by atoms with E-state index in [0.717, 1.165) is 50.8 Å². The van der Waals surface area contributed by atoms with Crippen LogP contribution >= 0.6 is 0 Å². The summed E-state index contributed by atoms with van der Waals surface area (Å²) in [6.45, 7) is 28.1. The van der Waals surface area contributed by atoms with E-state index in [0.29, 0.717) is 0 Å². The van der Waals surface area contributed by atoms with Crippen molar-refractivity contribution in [2.24, 2.45) is 0 Å². The highest BCUT2D eigenvalue weighted by atomic mass is 16.5. The van der Waals surface area contributed by atoms with E-state index < -0.39 is 10.8 Å². The second-order valence-corrected chi connectivity index (χ2v) is 28.9. The maximum Gasteiger partial charge on any atom is 0.156 e. The number of nitrogens with zero attached hydrogens (tertiary/aromatic N) is 1. The summed E-state index contributed by atoms with van der Waals surface area (Å²) in [6, 6.07) is 90.7. The van der Waals surface area contributed by atoms with Crippen LogP contribution in [0.5, 0.6) is 11.5 Å². The van der Waals surface area contributed by atoms with E-state index in [4.69, 9.17) is 4.74 Å². The van der Waals surface area contributed by atoms with Gasteiger partial charge in [0.05, 0.1) is 22.2 Å². The van der Waals surface area contributed by atoms with E-state index in [1.54, 1.807) is 0 Å². The Hall–Kier alpha value is -8.98. The second-order valence-electron chi connectivity index (χ2n) is 28.9. The van der Waals surface area contributed by atoms with Gasteiger partial charge in [-0.3, -0.25) is 0 Å². The van der Waals surface area contributed by atoms with Crippen LogP contribution in [0, 0.1) is 0 Å². The summed E-state index contributed by atoms with van der Waals surface area (Å²) in [5.41, 5.74) is 29.2. The molecule has 0 atom stereocenters. The molecule has 15 rings (SSSR count). The average Bonchev–Trinajstić information content (AvgIpc) is 1.50. The molecule has 0 radical (unpaired) electrons. The minimum atomic E-state index is -0.720. The van der Waals surface area contributed by atoms with Crippen molar-refractivity contribution in [3.63, 3.8) is 0 Å². The summed E-state index contributed by atoms with van der Waals surface area (Å²) in [5.74, 6) is 1.71. The van der Waals surface area contributed by atoms with Gasteiger partial charge in [0, 0.05) is 22.4 Å². The quantitative estimate of drug-likeness (QED) is 0.170. The van der Waals surface area contributed by atoms with E-state index in [1.807, 2.05) is 0 Å². The Balaban J connectivity index is 1.05. The van der Waals surface area contributed by atoms with E-state index in [9.17, 15) is 0 Å². The minimum Gasteiger partial charge on any atom is -0.454 e. The van der Waals surface area contributed by atoms with Gasteiger partial charge in [0.1, 0.15) is 5.75 Å². The summed E-state index contributed by atoms with van der Waals surface area (Å²) in [7, 11) is 0.